The molecule has 0 amide bonds. The average molecular weight is 180 g/mol. The first-order valence-electron chi connectivity index (χ1n) is 5.92. The highest BCUT2D eigenvalue weighted by Gasteiger charge is 2.40. The van der Waals surface area contributed by atoms with E-state index in [1.54, 1.807) is 0 Å². The van der Waals surface area contributed by atoms with Crippen LogP contribution in [0.1, 0.15) is 32.1 Å². The lowest BCUT2D eigenvalue weighted by atomic mass is 9.80. The van der Waals surface area contributed by atoms with Crippen LogP contribution in [0.4, 0.5) is 0 Å². The van der Waals surface area contributed by atoms with Gasteiger partial charge in [0, 0.05) is 12.1 Å². The van der Waals surface area contributed by atoms with Crippen LogP contribution < -0.4 is 5.32 Å². The average Bonchev–Trinajstić information content (AvgIpc) is 2.65. The Morgan fingerprint density at radius 1 is 1.00 bits per heavy atom. The molecule has 3 fully saturated rings. The fourth-order valence-corrected chi connectivity index (χ4v) is 3.62. The van der Waals surface area contributed by atoms with E-state index < -0.39 is 0 Å². The van der Waals surface area contributed by atoms with E-state index >= 15 is 0 Å². The van der Waals surface area contributed by atoms with Gasteiger partial charge in [-0.05, 0) is 57.7 Å². The Morgan fingerprint density at radius 2 is 2.00 bits per heavy atom. The predicted octanol–water partition coefficient (Wildman–Crippen LogP) is 1.22. The van der Waals surface area contributed by atoms with E-state index in [4.69, 9.17) is 0 Å². The molecule has 3 saturated heterocycles. The summed E-state index contributed by atoms with van der Waals surface area (Å²) in [5.74, 6) is 1.01. The van der Waals surface area contributed by atoms with E-state index in [0.717, 1.165) is 18.0 Å². The van der Waals surface area contributed by atoms with Crippen LogP contribution in [0.2, 0.25) is 0 Å². The van der Waals surface area contributed by atoms with Crippen molar-refractivity contribution in [3.8, 4) is 0 Å². The Hall–Kier alpha value is -0.0800. The van der Waals surface area contributed by atoms with Gasteiger partial charge in [0.25, 0.3) is 0 Å². The zero-order valence-corrected chi connectivity index (χ0v) is 8.34. The first-order chi connectivity index (χ1) is 6.45. The van der Waals surface area contributed by atoms with Crippen molar-refractivity contribution in [3.05, 3.63) is 0 Å². The minimum atomic E-state index is 0.852. The number of piperidine rings is 2. The third-order valence-electron chi connectivity index (χ3n) is 4.26. The van der Waals surface area contributed by atoms with Gasteiger partial charge in [-0.3, -0.25) is 4.90 Å². The van der Waals surface area contributed by atoms with Crippen LogP contribution in [-0.4, -0.2) is 36.6 Å². The molecule has 2 heteroatoms. The van der Waals surface area contributed by atoms with Crippen molar-refractivity contribution in [1.29, 1.82) is 0 Å². The molecule has 0 spiro atoms. The Kier molecular flexibility index (Phi) is 2.06. The highest BCUT2D eigenvalue weighted by molar-refractivity contribution is 4.98. The summed E-state index contributed by atoms with van der Waals surface area (Å²) in [5.41, 5.74) is 0. The lowest BCUT2D eigenvalue weighted by Crippen LogP contribution is -2.57. The molecule has 3 rings (SSSR count). The lowest BCUT2D eigenvalue weighted by molar-refractivity contribution is 0.0836. The van der Waals surface area contributed by atoms with E-state index in [1.807, 2.05) is 0 Å². The number of hydrogen-bond donors (Lipinski definition) is 1. The Labute approximate surface area is 80.7 Å². The molecule has 3 aliphatic heterocycles. The molecular weight excluding hydrogens is 160 g/mol. The van der Waals surface area contributed by atoms with E-state index in [0.29, 0.717) is 0 Å². The summed E-state index contributed by atoms with van der Waals surface area (Å²) in [6, 6.07) is 1.75. The summed E-state index contributed by atoms with van der Waals surface area (Å²) in [4.78, 5) is 2.72. The van der Waals surface area contributed by atoms with Gasteiger partial charge in [0.2, 0.25) is 0 Å². The normalized spacial score (nSPS) is 45.7. The van der Waals surface area contributed by atoms with Crippen LogP contribution in [0.5, 0.6) is 0 Å². The summed E-state index contributed by atoms with van der Waals surface area (Å²) in [7, 11) is 0. The molecule has 3 unspecified atom stereocenters. The summed E-state index contributed by atoms with van der Waals surface area (Å²) < 4.78 is 0. The first kappa shape index (κ1) is 8.25. The second kappa shape index (κ2) is 3.25. The minimum Gasteiger partial charge on any atom is -0.312 e. The van der Waals surface area contributed by atoms with E-state index in [1.165, 1.54) is 51.7 Å². The summed E-state index contributed by atoms with van der Waals surface area (Å²) in [6.45, 7) is 4.02. The number of nitrogens with zero attached hydrogens (tertiary/aromatic N) is 1. The van der Waals surface area contributed by atoms with Gasteiger partial charge in [-0.2, -0.15) is 0 Å². The van der Waals surface area contributed by atoms with Crippen LogP contribution in [-0.2, 0) is 0 Å². The second-order valence-electron chi connectivity index (χ2n) is 4.92. The van der Waals surface area contributed by atoms with Crippen molar-refractivity contribution < 1.29 is 0 Å². The van der Waals surface area contributed by atoms with E-state index in [-0.39, 0.29) is 0 Å². The zero-order chi connectivity index (χ0) is 8.67. The molecule has 74 valence electrons. The van der Waals surface area contributed by atoms with Crippen LogP contribution in [0, 0.1) is 5.92 Å². The third-order valence-corrected chi connectivity index (χ3v) is 4.26. The molecule has 0 aromatic rings. The van der Waals surface area contributed by atoms with Gasteiger partial charge in [-0.15, -0.1) is 0 Å². The van der Waals surface area contributed by atoms with Gasteiger partial charge in [0.15, 0.2) is 0 Å². The molecule has 3 aliphatic rings. The molecule has 3 atom stereocenters. The highest BCUT2D eigenvalue weighted by Crippen LogP contribution is 2.34. The number of fused-ring (bicyclic) bond motifs is 3. The second-order valence-corrected chi connectivity index (χ2v) is 4.92. The largest absolute Gasteiger partial charge is 0.312 e. The number of nitrogens with one attached hydrogen (secondary N) is 1. The molecule has 13 heavy (non-hydrogen) atoms. The van der Waals surface area contributed by atoms with Gasteiger partial charge >= 0.3 is 0 Å². The molecule has 1 N–H and O–H groups in total. The van der Waals surface area contributed by atoms with Gasteiger partial charge in [-0.25, -0.2) is 0 Å². The fourth-order valence-electron chi connectivity index (χ4n) is 3.62. The summed E-state index contributed by atoms with van der Waals surface area (Å²) in [6.07, 6.45) is 7.24. The molecule has 0 saturated carbocycles. The Balaban J connectivity index is 1.77. The highest BCUT2D eigenvalue weighted by atomic mass is 15.2. The molecule has 0 aromatic carbocycles. The molecule has 0 aliphatic carbocycles. The topological polar surface area (TPSA) is 15.3 Å². The molecule has 3 heterocycles. The maximum absolute atomic E-state index is 3.75. The number of hydrogen-bond acceptors (Lipinski definition) is 2. The van der Waals surface area contributed by atoms with Crippen molar-refractivity contribution >= 4 is 0 Å². The first-order valence-corrected chi connectivity index (χ1v) is 5.92. The molecular formula is C11H20N2. The van der Waals surface area contributed by atoms with Crippen LogP contribution in [0.25, 0.3) is 0 Å². The van der Waals surface area contributed by atoms with Crippen molar-refractivity contribution in [3.63, 3.8) is 0 Å². The summed E-state index contributed by atoms with van der Waals surface area (Å²) >= 11 is 0. The van der Waals surface area contributed by atoms with Crippen molar-refractivity contribution in [2.75, 3.05) is 19.6 Å². The quantitative estimate of drug-likeness (QED) is 0.603. The lowest BCUT2D eigenvalue weighted by Gasteiger charge is -2.45. The van der Waals surface area contributed by atoms with Crippen molar-refractivity contribution in [2.24, 2.45) is 5.92 Å². The van der Waals surface area contributed by atoms with Crippen molar-refractivity contribution in [1.82, 2.24) is 10.2 Å². The standard InChI is InChI=1S/C11H20N2/c1-3-9-5-8-13-7-2-4-10(13)11(9)12-6-1/h9-12H,1-8H2. The van der Waals surface area contributed by atoms with Gasteiger partial charge in [-0.1, -0.05) is 0 Å². The van der Waals surface area contributed by atoms with Crippen LogP contribution in [0.15, 0.2) is 0 Å². The molecule has 0 radical (unpaired) electrons. The van der Waals surface area contributed by atoms with Crippen molar-refractivity contribution in [2.45, 2.75) is 44.2 Å². The third kappa shape index (κ3) is 1.31. The summed E-state index contributed by atoms with van der Waals surface area (Å²) in [5, 5.41) is 3.75. The van der Waals surface area contributed by atoms with E-state index in [2.05, 4.69) is 10.2 Å². The maximum atomic E-state index is 3.75. The Morgan fingerprint density at radius 3 is 3.00 bits per heavy atom. The van der Waals surface area contributed by atoms with Gasteiger partial charge in [0.1, 0.15) is 0 Å². The zero-order valence-electron chi connectivity index (χ0n) is 8.34. The van der Waals surface area contributed by atoms with Crippen LogP contribution in [0.3, 0.4) is 0 Å². The van der Waals surface area contributed by atoms with Gasteiger partial charge < -0.3 is 5.32 Å². The molecule has 0 aromatic heterocycles. The molecule has 0 bridgehead atoms. The smallest absolute Gasteiger partial charge is 0.0252 e. The molecule has 2 nitrogen and oxygen atoms in total. The minimum absolute atomic E-state index is 0.852. The maximum Gasteiger partial charge on any atom is 0.0252 e. The van der Waals surface area contributed by atoms with Crippen LogP contribution >= 0.6 is 0 Å². The fraction of sp³-hybridized carbons (Fsp3) is 1.00. The predicted molar refractivity (Wildman–Crippen MR) is 53.7 cm³/mol. The Bertz CT molecular complexity index is 193. The SMILES string of the molecule is C1CNC2C(C1)CCN1CCCC21. The van der Waals surface area contributed by atoms with Gasteiger partial charge in [0.05, 0.1) is 0 Å². The monoisotopic (exact) mass is 180 g/mol. The number of rotatable bonds is 0. The van der Waals surface area contributed by atoms with E-state index in [9.17, 15) is 0 Å².